The molecule has 0 fully saturated rings. The maximum absolute atomic E-state index is 12.1. The minimum absolute atomic E-state index is 0.0246. The molecule has 2 aromatic heterocycles. The maximum atomic E-state index is 12.1. The standard InChI is InChI=1S/C17H15N3O3/c1-2-15(22)14-10-20-9-12(5-8-16(20)19-14)18-17(23)11-3-6-13(21)7-4-11/h3-10,21H,2H2,1H3,(H,18,23). The maximum Gasteiger partial charge on any atom is 0.255 e. The number of fused-ring (bicyclic) bond motifs is 1. The van der Waals surface area contributed by atoms with E-state index in [9.17, 15) is 14.7 Å². The summed E-state index contributed by atoms with van der Waals surface area (Å²) in [5, 5.41) is 12.0. The van der Waals surface area contributed by atoms with Crippen LogP contribution in [0.1, 0.15) is 34.2 Å². The normalized spacial score (nSPS) is 10.7. The molecule has 0 aliphatic carbocycles. The Kier molecular flexibility index (Phi) is 3.80. The lowest BCUT2D eigenvalue weighted by Crippen LogP contribution is -2.11. The molecule has 0 saturated carbocycles. The molecule has 6 nitrogen and oxygen atoms in total. The summed E-state index contributed by atoms with van der Waals surface area (Å²) >= 11 is 0. The molecular weight excluding hydrogens is 294 g/mol. The zero-order valence-corrected chi connectivity index (χ0v) is 12.5. The number of carbonyl (C=O) groups excluding carboxylic acids is 2. The van der Waals surface area contributed by atoms with Crippen molar-refractivity contribution in [2.45, 2.75) is 13.3 Å². The number of nitrogens with zero attached hydrogens (tertiary/aromatic N) is 2. The molecule has 0 spiro atoms. The van der Waals surface area contributed by atoms with E-state index in [1.165, 1.54) is 12.1 Å². The first-order valence-electron chi connectivity index (χ1n) is 7.19. The van der Waals surface area contributed by atoms with Gasteiger partial charge >= 0.3 is 0 Å². The second-order valence-corrected chi connectivity index (χ2v) is 5.09. The van der Waals surface area contributed by atoms with E-state index in [-0.39, 0.29) is 17.4 Å². The summed E-state index contributed by atoms with van der Waals surface area (Å²) in [6, 6.07) is 9.45. The Balaban J connectivity index is 1.84. The van der Waals surface area contributed by atoms with Crippen molar-refractivity contribution in [2.24, 2.45) is 0 Å². The number of carbonyl (C=O) groups is 2. The number of hydrogen-bond donors (Lipinski definition) is 2. The van der Waals surface area contributed by atoms with E-state index in [0.717, 1.165) is 0 Å². The summed E-state index contributed by atoms with van der Waals surface area (Å²) in [6.45, 7) is 1.79. The lowest BCUT2D eigenvalue weighted by molar-refractivity contribution is 0.0982. The lowest BCUT2D eigenvalue weighted by Gasteiger charge is -2.06. The highest BCUT2D eigenvalue weighted by Crippen LogP contribution is 2.15. The number of imidazole rings is 1. The van der Waals surface area contributed by atoms with Crippen LogP contribution in [0.2, 0.25) is 0 Å². The Bertz CT molecular complexity index is 882. The SMILES string of the molecule is CCC(=O)c1cn2cc(NC(=O)c3ccc(O)cc3)ccc2n1. The van der Waals surface area contributed by atoms with Gasteiger partial charge in [-0.15, -0.1) is 0 Å². The van der Waals surface area contributed by atoms with Crippen LogP contribution in [0.3, 0.4) is 0 Å². The topological polar surface area (TPSA) is 83.7 Å². The van der Waals surface area contributed by atoms with Gasteiger partial charge in [-0.05, 0) is 36.4 Å². The molecule has 0 aliphatic heterocycles. The van der Waals surface area contributed by atoms with E-state index in [4.69, 9.17) is 0 Å². The highest BCUT2D eigenvalue weighted by Gasteiger charge is 2.10. The van der Waals surface area contributed by atoms with Gasteiger partial charge in [0.2, 0.25) is 0 Å². The largest absolute Gasteiger partial charge is 0.508 e. The van der Waals surface area contributed by atoms with Crippen LogP contribution < -0.4 is 5.32 Å². The molecule has 3 aromatic rings. The lowest BCUT2D eigenvalue weighted by atomic mass is 10.2. The number of hydrogen-bond acceptors (Lipinski definition) is 4. The third kappa shape index (κ3) is 3.06. The number of phenolic OH excluding ortho intramolecular Hbond substituents is 1. The summed E-state index contributed by atoms with van der Waals surface area (Å²) in [4.78, 5) is 28.1. The van der Waals surface area contributed by atoms with Crippen molar-refractivity contribution in [1.29, 1.82) is 0 Å². The van der Waals surface area contributed by atoms with Gasteiger partial charge < -0.3 is 14.8 Å². The Hall–Kier alpha value is -3.15. The molecule has 0 saturated heterocycles. The Morgan fingerprint density at radius 1 is 1.13 bits per heavy atom. The fourth-order valence-electron chi connectivity index (χ4n) is 2.20. The molecule has 0 bridgehead atoms. The number of benzene rings is 1. The van der Waals surface area contributed by atoms with Gasteiger partial charge in [0.1, 0.15) is 17.1 Å². The Morgan fingerprint density at radius 3 is 2.57 bits per heavy atom. The number of anilines is 1. The van der Waals surface area contributed by atoms with Crippen molar-refractivity contribution in [3.63, 3.8) is 0 Å². The van der Waals surface area contributed by atoms with Crippen molar-refractivity contribution < 1.29 is 14.7 Å². The number of ketones is 1. The van der Waals surface area contributed by atoms with Crippen molar-refractivity contribution in [3.05, 3.63) is 60.0 Å². The third-order valence-electron chi connectivity index (χ3n) is 3.45. The summed E-state index contributed by atoms with van der Waals surface area (Å²) in [6.07, 6.45) is 3.75. The van der Waals surface area contributed by atoms with E-state index < -0.39 is 0 Å². The highest BCUT2D eigenvalue weighted by molar-refractivity contribution is 6.04. The first-order valence-corrected chi connectivity index (χ1v) is 7.19. The van der Waals surface area contributed by atoms with Gasteiger partial charge in [0.25, 0.3) is 5.91 Å². The van der Waals surface area contributed by atoms with Gasteiger partial charge in [-0.1, -0.05) is 6.92 Å². The number of aromatic nitrogens is 2. The van der Waals surface area contributed by atoms with Crippen LogP contribution in [0, 0.1) is 0 Å². The van der Waals surface area contributed by atoms with E-state index >= 15 is 0 Å². The molecule has 23 heavy (non-hydrogen) atoms. The van der Waals surface area contributed by atoms with Crippen LogP contribution in [0.25, 0.3) is 5.65 Å². The van der Waals surface area contributed by atoms with Crippen LogP contribution in [0.4, 0.5) is 5.69 Å². The van der Waals surface area contributed by atoms with Crippen LogP contribution >= 0.6 is 0 Å². The summed E-state index contributed by atoms with van der Waals surface area (Å²) in [7, 11) is 0. The predicted molar refractivity (Wildman–Crippen MR) is 85.9 cm³/mol. The number of aromatic hydroxyl groups is 1. The summed E-state index contributed by atoms with van der Waals surface area (Å²) in [5.74, 6) is -0.202. The number of pyridine rings is 1. The monoisotopic (exact) mass is 309 g/mol. The second kappa shape index (κ2) is 5.92. The second-order valence-electron chi connectivity index (χ2n) is 5.09. The smallest absolute Gasteiger partial charge is 0.255 e. The van der Waals surface area contributed by atoms with E-state index in [1.807, 2.05) is 0 Å². The molecule has 6 heteroatoms. The van der Waals surface area contributed by atoms with Crippen LogP contribution in [0.15, 0.2) is 48.8 Å². The fourth-order valence-corrected chi connectivity index (χ4v) is 2.20. The van der Waals surface area contributed by atoms with Gasteiger partial charge in [-0.3, -0.25) is 9.59 Å². The molecular formula is C17H15N3O3. The minimum atomic E-state index is -0.283. The first kappa shape index (κ1) is 14.8. The van der Waals surface area contributed by atoms with E-state index in [1.54, 1.807) is 48.0 Å². The third-order valence-corrected chi connectivity index (χ3v) is 3.45. The number of amides is 1. The van der Waals surface area contributed by atoms with Crippen LogP contribution in [-0.4, -0.2) is 26.2 Å². The molecule has 1 amide bonds. The van der Waals surface area contributed by atoms with Gasteiger partial charge in [0, 0.05) is 24.4 Å². The highest BCUT2D eigenvalue weighted by atomic mass is 16.3. The molecule has 3 rings (SSSR count). The van der Waals surface area contributed by atoms with Gasteiger partial charge in [-0.2, -0.15) is 0 Å². The summed E-state index contributed by atoms with van der Waals surface area (Å²) < 4.78 is 1.70. The average Bonchev–Trinajstić information content (AvgIpc) is 2.98. The van der Waals surface area contributed by atoms with Gasteiger partial charge in [-0.25, -0.2) is 4.98 Å². The van der Waals surface area contributed by atoms with Gasteiger partial charge in [0.15, 0.2) is 5.78 Å². The minimum Gasteiger partial charge on any atom is -0.508 e. The molecule has 2 heterocycles. The van der Waals surface area contributed by atoms with Crippen molar-refractivity contribution >= 4 is 23.0 Å². The predicted octanol–water partition coefficient (Wildman–Crippen LogP) is 2.88. The Morgan fingerprint density at radius 2 is 1.87 bits per heavy atom. The molecule has 0 atom stereocenters. The molecule has 1 aromatic carbocycles. The molecule has 0 aliphatic rings. The van der Waals surface area contributed by atoms with Crippen LogP contribution in [0.5, 0.6) is 5.75 Å². The fraction of sp³-hybridized carbons (Fsp3) is 0.118. The molecule has 0 unspecified atom stereocenters. The van der Waals surface area contributed by atoms with Crippen molar-refractivity contribution in [1.82, 2.24) is 9.38 Å². The van der Waals surface area contributed by atoms with Crippen molar-refractivity contribution in [2.75, 3.05) is 5.32 Å². The van der Waals surface area contributed by atoms with Gasteiger partial charge in [0.05, 0.1) is 5.69 Å². The first-order chi connectivity index (χ1) is 11.1. The quantitative estimate of drug-likeness (QED) is 0.726. The van der Waals surface area contributed by atoms with Crippen molar-refractivity contribution in [3.8, 4) is 5.75 Å². The number of rotatable bonds is 4. The number of nitrogens with one attached hydrogen (secondary N) is 1. The zero-order valence-electron chi connectivity index (χ0n) is 12.5. The summed E-state index contributed by atoms with van der Waals surface area (Å²) in [5.41, 5.74) is 2.08. The zero-order chi connectivity index (χ0) is 16.4. The molecule has 0 radical (unpaired) electrons. The van der Waals surface area contributed by atoms with E-state index in [2.05, 4.69) is 10.3 Å². The molecule has 116 valence electrons. The number of phenols is 1. The van der Waals surface area contributed by atoms with E-state index in [0.29, 0.717) is 29.0 Å². The number of Topliss-reactive ketones (excluding diaryl/α,β-unsaturated/α-hetero) is 1. The Labute approximate surface area is 132 Å². The molecule has 2 N–H and O–H groups in total. The average molecular weight is 309 g/mol. The van der Waals surface area contributed by atoms with Crippen LogP contribution in [-0.2, 0) is 0 Å².